The monoisotopic (exact) mass is 288 g/mol. The molecule has 0 fully saturated rings. The van der Waals surface area contributed by atoms with E-state index < -0.39 is 10.8 Å². The second kappa shape index (κ2) is 5.35. The van der Waals surface area contributed by atoms with Crippen molar-refractivity contribution >= 4 is 17.3 Å². The van der Waals surface area contributed by atoms with Gasteiger partial charge in [0.05, 0.1) is 4.92 Å². The van der Waals surface area contributed by atoms with E-state index in [1.807, 2.05) is 32.0 Å². The second-order valence-electron chi connectivity index (χ2n) is 4.88. The van der Waals surface area contributed by atoms with Crippen LogP contribution in [0.25, 0.3) is 0 Å². The predicted molar refractivity (Wildman–Crippen MR) is 78.5 cm³/mol. The van der Waals surface area contributed by atoms with Crippen molar-refractivity contribution < 1.29 is 9.72 Å². The number of benzene rings is 1. The number of nitrogens with one attached hydrogen (secondary N) is 1. The molecule has 1 aromatic carbocycles. The van der Waals surface area contributed by atoms with Crippen LogP contribution in [-0.2, 0) is 7.05 Å². The van der Waals surface area contributed by atoms with Gasteiger partial charge in [-0.1, -0.05) is 18.2 Å². The molecular weight excluding hydrogens is 272 g/mol. The molecule has 0 saturated carbocycles. The van der Waals surface area contributed by atoms with Gasteiger partial charge in [-0.2, -0.15) is 5.10 Å². The fraction of sp³-hybridized carbons (Fsp3) is 0.286. The zero-order chi connectivity index (χ0) is 15.7. The Labute approximate surface area is 121 Å². The van der Waals surface area contributed by atoms with E-state index in [9.17, 15) is 14.9 Å². The average molecular weight is 288 g/mol. The van der Waals surface area contributed by atoms with Gasteiger partial charge >= 0.3 is 5.69 Å². The molecule has 1 aromatic heterocycles. The number of para-hydroxylation sites is 1. The maximum Gasteiger partial charge on any atom is 0.322 e. The third-order valence-corrected chi connectivity index (χ3v) is 3.31. The Morgan fingerprint density at radius 1 is 1.29 bits per heavy atom. The van der Waals surface area contributed by atoms with Crippen LogP contribution in [0.15, 0.2) is 18.2 Å². The molecule has 1 heterocycles. The van der Waals surface area contributed by atoms with Gasteiger partial charge in [-0.15, -0.1) is 0 Å². The van der Waals surface area contributed by atoms with Gasteiger partial charge in [0.1, 0.15) is 5.69 Å². The number of aromatic nitrogens is 2. The Hall–Kier alpha value is -2.70. The van der Waals surface area contributed by atoms with Gasteiger partial charge in [-0.25, -0.2) is 0 Å². The number of rotatable bonds is 3. The normalized spacial score (nSPS) is 10.5. The zero-order valence-corrected chi connectivity index (χ0v) is 12.3. The maximum atomic E-state index is 12.4. The molecule has 2 aromatic rings. The van der Waals surface area contributed by atoms with Crippen LogP contribution in [0.1, 0.15) is 27.3 Å². The van der Waals surface area contributed by atoms with E-state index in [4.69, 9.17) is 0 Å². The van der Waals surface area contributed by atoms with Crippen LogP contribution in [0, 0.1) is 30.9 Å². The Morgan fingerprint density at radius 2 is 1.86 bits per heavy atom. The van der Waals surface area contributed by atoms with E-state index in [-0.39, 0.29) is 17.1 Å². The lowest BCUT2D eigenvalue weighted by Crippen LogP contribution is -2.18. The molecule has 0 atom stereocenters. The minimum atomic E-state index is -0.581. The summed E-state index contributed by atoms with van der Waals surface area (Å²) < 4.78 is 1.23. The van der Waals surface area contributed by atoms with Crippen LogP contribution in [0.3, 0.4) is 0 Å². The van der Waals surface area contributed by atoms with E-state index in [1.54, 1.807) is 0 Å². The number of nitrogens with zero attached hydrogens (tertiary/aromatic N) is 3. The Balaban J connectivity index is 2.45. The summed E-state index contributed by atoms with van der Waals surface area (Å²) in [6, 6.07) is 5.62. The topological polar surface area (TPSA) is 90.1 Å². The zero-order valence-electron chi connectivity index (χ0n) is 12.3. The minimum absolute atomic E-state index is 0.0554. The molecule has 0 bridgehead atoms. The maximum absolute atomic E-state index is 12.4. The van der Waals surface area contributed by atoms with Crippen molar-refractivity contribution in [3.63, 3.8) is 0 Å². The Kier molecular flexibility index (Phi) is 3.75. The van der Waals surface area contributed by atoms with Crippen LogP contribution in [-0.4, -0.2) is 20.6 Å². The molecule has 1 amide bonds. The van der Waals surface area contributed by atoms with Crippen molar-refractivity contribution in [1.29, 1.82) is 0 Å². The number of carbonyl (C=O) groups excluding carboxylic acids is 1. The van der Waals surface area contributed by atoms with Gasteiger partial charge in [-0.3, -0.25) is 19.6 Å². The molecule has 2 rings (SSSR count). The third kappa shape index (κ3) is 2.62. The molecule has 0 unspecified atom stereocenters. The first-order valence-corrected chi connectivity index (χ1v) is 6.38. The van der Waals surface area contributed by atoms with Crippen LogP contribution in [0.4, 0.5) is 11.4 Å². The number of anilines is 1. The highest BCUT2D eigenvalue weighted by atomic mass is 16.6. The second-order valence-corrected chi connectivity index (χ2v) is 4.88. The lowest BCUT2D eigenvalue weighted by molar-refractivity contribution is -0.385. The van der Waals surface area contributed by atoms with Gasteiger partial charge in [0.15, 0.2) is 0 Å². The fourth-order valence-corrected chi connectivity index (χ4v) is 2.30. The van der Waals surface area contributed by atoms with E-state index in [0.717, 1.165) is 11.1 Å². The summed E-state index contributed by atoms with van der Waals surface area (Å²) in [7, 11) is 1.51. The molecule has 0 aliphatic rings. The molecule has 7 heteroatoms. The first kappa shape index (κ1) is 14.7. The number of carbonyl (C=O) groups is 1. The molecule has 0 spiro atoms. The number of nitro groups is 1. The number of amides is 1. The highest BCUT2D eigenvalue weighted by Crippen LogP contribution is 2.25. The number of hydrogen-bond acceptors (Lipinski definition) is 4. The predicted octanol–water partition coefficient (Wildman–Crippen LogP) is 2.51. The number of aryl methyl sites for hydroxylation is 4. The average Bonchev–Trinajstić information content (AvgIpc) is 2.68. The van der Waals surface area contributed by atoms with E-state index >= 15 is 0 Å². The lowest BCUT2D eigenvalue weighted by atomic mass is 10.1. The summed E-state index contributed by atoms with van der Waals surface area (Å²) in [5, 5.41) is 17.8. The van der Waals surface area contributed by atoms with Crippen LogP contribution < -0.4 is 5.32 Å². The van der Waals surface area contributed by atoms with Crippen molar-refractivity contribution in [2.45, 2.75) is 20.8 Å². The van der Waals surface area contributed by atoms with Gasteiger partial charge in [0, 0.05) is 12.7 Å². The van der Waals surface area contributed by atoms with E-state index in [2.05, 4.69) is 10.4 Å². The molecule has 0 aliphatic carbocycles. The van der Waals surface area contributed by atoms with Crippen molar-refractivity contribution in [2.75, 3.05) is 5.32 Å². The standard InChI is InChI=1S/C14H16N4O3/c1-8-6-5-7-9(2)11(8)15-14(19)13-12(18(20)21)10(3)16-17(13)4/h5-7H,1-4H3,(H,15,19). The quantitative estimate of drug-likeness (QED) is 0.694. The van der Waals surface area contributed by atoms with Crippen molar-refractivity contribution in [1.82, 2.24) is 9.78 Å². The molecule has 0 radical (unpaired) electrons. The molecule has 21 heavy (non-hydrogen) atoms. The van der Waals surface area contributed by atoms with Gasteiger partial charge in [-0.05, 0) is 31.9 Å². The summed E-state index contributed by atoms with van der Waals surface area (Å²) >= 11 is 0. The highest BCUT2D eigenvalue weighted by Gasteiger charge is 2.29. The Bertz CT molecular complexity index is 714. The fourth-order valence-electron chi connectivity index (χ4n) is 2.30. The first-order chi connectivity index (χ1) is 9.82. The van der Waals surface area contributed by atoms with Crippen LogP contribution >= 0.6 is 0 Å². The summed E-state index contributed by atoms with van der Waals surface area (Å²) in [5.41, 5.74) is 2.35. The molecule has 110 valence electrons. The van der Waals surface area contributed by atoms with Crippen molar-refractivity contribution in [2.24, 2.45) is 7.05 Å². The molecule has 0 saturated heterocycles. The number of hydrogen-bond donors (Lipinski definition) is 1. The van der Waals surface area contributed by atoms with Crippen molar-refractivity contribution in [3.8, 4) is 0 Å². The van der Waals surface area contributed by atoms with Gasteiger partial charge in [0.25, 0.3) is 5.91 Å². The van der Waals surface area contributed by atoms with E-state index in [1.165, 1.54) is 18.7 Å². The van der Waals surface area contributed by atoms with Gasteiger partial charge in [0.2, 0.25) is 5.69 Å². The lowest BCUT2D eigenvalue weighted by Gasteiger charge is -2.11. The summed E-state index contributed by atoms with van der Waals surface area (Å²) in [4.78, 5) is 22.9. The molecular formula is C14H16N4O3. The summed E-state index contributed by atoms with van der Waals surface area (Å²) in [6.45, 7) is 5.24. The van der Waals surface area contributed by atoms with Crippen LogP contribution in [0.2, 0.25) is 0 Å². The summed E-state index contributed by atoms with van der Waals surface area (Å²) in [5.74, 6) is -0.540. The summed E-state index contributed by atoms with van der Waals surface area (Å²) in [6.07, 6.45) is 0. The SMILES string of the molecule is Cc1cccc(C)c1NC(=O)c1c([N+](=O)[O-])c(C)nn1C. The smallest absolute Gasteiger partial charge is 0.320 e. The first-order valence-electron chi connectivity index (χ1n) is 6.38. The highest BCUT2D eigenvalue weighted by molar-refractivity contribution is 6.06. The largest absolute Gasteiger partial charge is 0.322 e. The molecule has 1 N–H and O–H groups in total. The van der Waals surface area contributed by atoms with Gasteiger partial charge < -0.3 is 5.32 Å². The van der Waals surface area contributed by atoms with E-state index in [0.29, 0.717) is 5.69 Å². The molecule has 0 aliphatic heterocycles. The molecule has 7 nitrogen and oxygen atoms in total. The Morgan fingerprint density at radius 3 is 2.38 bits per heavy atom. The minimum Gasteiger partial charge on any atom is -0.320 e. The van der Waals surface area contributed by atoms with Crippen LogP contribution in [0.5, 0.6) is 0 Å². The third-order valence-electron chi connectivity index (χ3n) is 3.31. The van der Waals surface area contributed by atoms with Crippen molar-refractivity contribution in [3.05, 3.63) is 50.8 Å².